The monoisotopic (exact) mass is 283 g/mol. The molecule has 98 valence electrons. The highest BCUT2D eigenvalue weighted by Gasteiger charge is 2.29. The first-order chi connectivity index (χ1) is 8.54. The zero-order chi connectivity index (χ0) is 13.1. The average molecular weight is 283 g/mol. The molecule has 0 saturated carbocycles. The molecule has 1 aliphatic heterocycles. The quantitative estimate of drug-likeness (QED) is 0.852. The first-order valence-corrected chi connectivity index (χ1v) is 7.81. The zero-order valence-electron chi connectivity index (χ0n) is 10.6. The van der Waals surface area contributed by atoms with Crippen molar-refractivity contribution < 1.29 is 9.59 Å². The molecule has 3 nitrogen and oxygen atoms in total. The Kier molecular flexibility index (Phi) is 4.45. The molecular weight excluding hydrogens is 266 g/mol. The highest BCUT2D eigenvalue weighted by Crippen LogP contribution is 2.25. The van der Waals surface area contributed by atoms with Gasteiger partial charge in [-0.3, -0.25) is 9.59 Å². The molecule has 0 aliphatic carbocycles. The second-order valence-corrected chi connectivity index (χ2v) is 7.23. The van der Waals surface area contributed by atoms with Gasteiger partial charge in [0.1, 0.15) is 0 Å². The van der Waals surface area contributed by atoms with E-state index in [1.54, 1.807) is 18.3 Å². The van der Waals surface area contributed by atoms with Crippen molar-refractivity contribution in [2.45, 2.75) is 26.8 Å². The highest BCUT2D eigenvalue weighted by molar-refractivity contribution is 8.13. The highest BCUT2D eigenvalue weighted by atomic mass is 32.2. The second-order valence-electron chi connectivity index (χ2n) is 4.66. The third-order valence-corrected chi connectivity index (χ3v) is 4.99. The van der Waals surface area contributed by atoms with Gasteiger partial charge in [0.25, 0.3) is 0 Å². The minimum atomic E-state index is 0.134. The van der Waals surface area contributed by atoms with Crippen LogP contribution in [0.2, 0.25) is 0 Å². The van der Waals surface area contributed by atoms with Crippen molar-refractivity contribution in [3.63, 3.8) is 0 Å². The lowest BCUT2D eigenvalue weighted by atomic mass is 10.1. The molecule has 0 aromatic carbocycles. The maximum atomic E-state index is 11.9. The first-order valence-electron chi connectivity index (χ1n) is 6.01. The van der Waals surface area contributed by atoms with Crippen LogP contribution >= 0.6 is 23.1 Å². The van der Waals surface area contributed by atoms with Crippen molar-refractivity contribution >= 4 is 34.1 Å². The van der Waals surface area contributed by atoms with Gasteiger partial charge >= 0.3 is 0 Å². The topological polar surface area (TPSA) is 37.4 Å². The summed E-state index contributed by atoms with van der Waals surface area (Å²) >= 11 is 3.07. The van der Waals surface area contributed by atoms with Gasteiger partial charge in [0, 0.05) is 35.4 Å². The van der Waals surface area contributed by atoms with Crippen LogP contribution < -0.4 is 0 Å². The van der Waals surface area contributed by atoms with Crippen molar-refractivity contribution in [1.29, 1.82) is 0 Å². The van der Waals surface area contributed by atoms with E-state index in [9.17, 15) is 9.59 Å². The molecule has 1 aliphatic rings. The molecular formula is C13H17NO2S2. The summed E-state index contributed by atoms with van der Waals surface area (Å²) in [6, 6.07) is 4.18. The van der Waals surface area contributed by atoms with E-state index >= 15 is 0 Å². The Morgan fingerprint density at radius 2 is 2.33 bits per heavy atom. The Labute approximate surface area is 116 Å². The van der Waals surface area contributed by atoms with E-state index < -0.39 is 0 Å². The maximum Gasteiger partial charge on any atom is 0.223 e. The minimum Gasteiger partial charge on any atom is -0.337 e. The van der Waals surface area contributed by atoms with Gasteiger partial charge < -0.3 is 4.90 Å². The van der Waals surface area contributed by atoms with Crippen molar-refractivity contribution in [3.05, 3.63) is 21.9 Å². The van der Waals surface area contributed by atoms with E-state index in [1.807, 2.05) is 4.90 Å². The van der Waals surface area contributed by atoms with Crippen molar-refractivity contribution in [2.75, 3.05) is 12.3 Å². The Morgan fingerprint density at radius 1 is 1.56 bits per heavy atom. The maximum absolute atomic E-state index is 11.9. The molecule has 2 rings (SSSR count). The normalized spacial score (nSPS) is 19.6. The molecule has 18 heavy (non-hydrogen) atoms. The number of nitrogens with zero attached hydrogens (tertiary/aromatic N) is 1. The number of carbonyl (C=O) groups excluding carboxylic acids is 2. The van der Waals surface area contributed by atoms with Crippen LogP contribution in [-0.2, 0) is 16.1 Å². The molecule has 0 radical (unpaired) electrons. The third kappa shape index (κ3) is 3.59. The fourth-order valence-corrected chi connectivity index (χ4v) is 3.71. The van der Waals surface area contributed by atoms with E-state index in [0.29, 0.717) is 12.3 Å². The lowest BCUT2D eigenvalue weighted by Crippen LogP contribution is -2.24. The average Bonchev–Trinajstić information content (AvgIpc) is 2.84. The van der Waals surface area contributed by atoms with E-state index in [1.165, 1.54) is 21.5 Å². The molecule has 0 bridgehead atoms. The molecule has 0 N–H and O–H groups in total. The van der Waals surface area contributed by atoms with E-state index in [2.05, 4.69) is 19.1 Å². The van der Waals surface area contributed by atoms with Gasteiger partial charge in [0.2, 0.25) is 5.91 Å². The second kappa shape index (κ2) is 5.89. The number of thioether (sulfide) groups is 1. The predicted octanol–water partition coefficient (Wildman–Crippen LogP) is 2.68. The number of hydrogen-bond acceptors (Lipinski definition) is 4. The number of amides is 1. The lowest BCUT2D eigenvalue weighted by Gasteiger charge is -2.15. The number of thiophene rings is 1. The van der Waals surface area contributed by atoms with Crippen LogP contribution in [0.25, 0.3) is 0 Å². The van der Waals surface area contributed by atoms with Gasteiger partial charge in [0.05, 0.1) is 6.54 Å². The summed E-state index contributed by atoms with van der Waals surface area (Å²) in [5.41, 5.74) is 0. The molecule has 2 heterocycles. The third-order valence-electron chi connectivity index (χ3n) is 2.96. The van der Waals surface area contributed by atoms with Crippen LogP contribution in [0.1, 0.15) is 23.1 Å². The molecule has 0 spiro atoms. The number of carbonyl (C=O) groups is 2. The number of likely N-dealkylation sites (tertiary alicyclic amines) is 1. The van der Waals surface area contributed by atoms with E-state index in [4.69, 9.17) is 0 Å². The smallest absolute Gasteiger partial charge is 0.223 e. The molecule has 1 amide bonds. The van der Waals surface area contributed by atoms with Crippen LogP contribution in [-0.4, -0.2) is 28.2 Å². The zero-order valence-corrected chi connectivity index (χ0v) is 12.3. The summed E-state index contributed by atoms with van der Waals surface area (Å²) in [7, 11) is 0. The van der Waals surface area contributed by atoms with Crippen molar-refractivity contribution in [1.82, 2.24) is 4.90 Å². The van der Waals surface area contributed by atoms with E-state index in [-0.39, 0.29) is 11.0 Å². The van der Waals surface area contributed by atoms with Gasteiger partial charge in [-0.2, -0.15) is 0 Å². The fraction of sp³-hybridized carbons (Fsp3) is 0.538. The summed E-state index contributed by atoms with van der Waals surface area (Å²) in [6.45, 7) is 5.16. The summed E-state index contributed by atoms with van der Waals surface area (Å²) < 4.78 is 0. The Hall–Kier alpha value is -0.810. The minimum absolute atomic E-state index is 0.134. The number of rotatable bonds is 4. The molecule has 1 atom stereocenters. The Balaban J connectivity index is 1.87. The molecule has 5 heteroatoms. The van der Waals surface area contributed by atoms with Crippen LogP contribution in [0, 0.1) is 12.8 Å². The van der Waals surface area contributed by atoms with Gasteiger partial charge in [-0.25, -0.2) is 0 Å². The summed E-state index contributed by atoms with van der Waals surface area (Å²) in [4.78, 5) is 27.2. The summed E-state index contributed by atoms with van der Waals surface area (Å²) in [6.07, 6.45) is 0.588. The van der Waals surface area contributed by atoms with Crippen LogP contribution in [0.3, 0.4) is 0 Å². The van der Waals surface area contributed by atoms with Crippen LogP contribution in [0.5, 0.6) is 0 Å². The van der Waals surface area contributed by atoms with Gasteiger partial charge in [-0.05, 0) is 25.0 Å². The van der Waals surface area contributed by atoms with Crippen molar-refractivity contribution in [2.24, 2.45) is 5.92 Å². The lowest BCUT2D eigenvalue weighted by molar-refractivity contribution is -0.128. The molecule has 1 aromatic rings. The van der Waals surface area contributed by atoms with Crippen molar-refractivity contribution in [3.8, 4) is 0 Å². The predicted molar refractivity (Wildman–Crippen MR) is 75.7 cm³/mol. The first kappa shape index (κ1) is 13.6. The molecule has 1 saturated heterocycles. The largest absolute Gasteiger partial charge is 0.337 e. The van der Waals surface area contributed by atoms with Crippen LogP contribution in [0.4, 0.5) is 0 Å². The number of hydrogen-bond donors (Lipinski definition) is 0. The van der Waals surface area contributed by atoms with Gasteiger partial charge in [0.15, 0.2) is 5.12 Å². The molecule has 1 fully saturated rings. The Morgan fingerprint density at radius 3 is 2.94 bits per heavy atom. The van der Waals surface area contributed by atoms with Crippen LogP contribution in [0.15, 0.2) is 12.1 Å². The molecule has 1 unspecified atom stereocenters. The molecule has 1 aromatic heterocycles. The van der Waals surface area contributed by atoms with E-state index in [0.717, 1.165) is 18.8 Å². The van der Waals surface area contributed by atoms with Gasteiger partial charge in [-0.1, -0.05) is 11.8 Å². The summed E-state index contributed by atoms with van der Waals surface area (Å²) in [5, 5.41) is 0.134. The summed E-state index contributed by atoms with van der Waals surface area (Å²) in [5.74, 6) is 1.31. The number of aryl methyl sites for hydroxylation is 1. The standard InChI is InChI=1S/C13H17NO2S2/c1-9-3-4-12(18-9)7-14-6-11(5-13(14)16)8-17-10(2)15/h3-4,11H,5-8H2,1-2H3. The Bertz CT molecular complexity index is 456. The van der Waals surface area contributed by atoms with Gasteiger partial charge in [-0.15, -0.1) is 11.3 Å². The SMILES string of the molecule is CC(=O)SCC1CC(=O)N(Cc2ccc(C)s2)C1. The fourth-order valence-electron chi connectivity index (χ4n) is 2.11.